The van der Waals surface area contributed by atoms with Crippen LogP contribution in [0, 0.1) is 0 Å². The van der Waals surface area contributed by atoms with Crippen molar-refractivity contribution in [2.24, 2.45) is 0 Å². The van der Waals surface area contributed by atoms with Crippen molar-refractivity contribution in [3.8, 4) is 5.75 Å². The van der Waals surface area contributed by atoms with Crippen LogP contribution in [0.3, 0.4) is 0 Å². The average Bonchev–Trinajstić information content (AvgIpc) is 2.52. The molecule has 0 heterocycles. The zero-order valence-corrected chi connectivity index (χ0v) is 14.1. The van der Waals surface area contributed by atoms with Gasteiger partial charge < -0.3 is 9.47 Å². The molecule has 4 nitrogen and oxygen atoms in total. The molecule has 1 rings (SSSR count). The number of esters is 1. The smallest absolute Gasteiger partial charge is 0.343 e. The Morgan fingerprint density at radius 1 is 1.10 bits per heavy atom. The standard InChI is InChI=1S/C15H18O4S2/c1-5-19-14(17)12(15(20-3)21-4)13(16)10-6-8-11(18-2)9-7-10/h6-9H,5H2,1-4H3. The van der Waals surface area contributed by atoms with Gasteiger partial charge in [-0.2, -0.15) is 0 Å². The number of carbonyl (C=O) groups is 2. The minimum Gasteiger partial charge on any atom is -0.497 e. The van der Waals surface area contributed by atoms with Gasteiger partial charge in [-0.3, -0.25) is 4.79 Å². The summed E-state index contributed by atoms with van der Waals surface area (Å²) in [5.74, 6) is -0.269. The lowest BCUT2D eigenvalue weighted by atomic mass is 10.0. The number of benzene rings is 1. The highest BCUT2D eigenvalue weighted by molar-refractivity contribution is 8.21. The fraction of sp³-hybridized carbons (Fsp3) is 0.333. The first-order valence-electron chi connectivity index (χ1n) is 6.27. The maximum atomic E-state index is 12.6. The van der Waals surface area contributed by atoms with Crippen LogP contribution >= 0.6 is 23.5 Å². The zero-order chi connectivity index (χ0) is 15.8. The lowest BCUT2D eigenvalue weighted by molar-refractivity contribution is -0.138. The van der Waals surface area contributed by atoms with E-state index >= 15 is 0 Å². The van der Waals surface area contributed by atoms with E-state index < -0.39 is 5.97 Å². The molecule has 114 valence electrons. The van der Waals surface area contributed by atoms with Gasteiger partial charge >= 0.3 is 5.97 Å². The fourth-order valence-corrected chi connectivity index (χ4v) is 3.07. The Labute approximate surface area is 133 Å². The van der Waals surface area contributed by atoms with Gasteiger partial charge in [0.25, 0.3) is 0 Å². The van der Waals surface area contributed by atoms with E-state index in [0.29, 0.717) is 15.6 Å². The van der Waals surface area contributed by atoms with Crippen LogP contribution in [0.2, 0.25) is 0 Å². The number of ketones is 1. The number of rotatable bonds is 7. The van der Waals surface area contributed by atoms with Gasteiger partial charge in [-0.15, -0.1) is 23.5 Å². The van der Waals surface area contributed by atoms with Gasteiger partial charge in [0.15, 0.2) is 0 Å². The van der Waals surface area contributed by atoms with E-state index in [0.717, 1.165) is 0 Å². The van der Waals surface area contributed by atoms with Crippen LogP contribution in [0.4, 0.5) is 0 Å². The molecule has 6 heteroatoms. The zero-order valence-electron chi connectivity index (χ0n) is 12.5. The second-order valence-electron chi connectivity index (χ2n) is 3.85. The van der Waals surface area contributed by atoms with Crippen LogP contribution in [0.1, 0.15) is 17.3 Å². The first kappa shape index (κ1) is 17.7. The first-order chi connectivity index (χ1) is 10.1. The van der Waals surface area contributed by atoms with Crippen molar-refractivity contribution in [1.82, 2.24) is 0 Å². The highest BCUT2D eigenvalue weighted by Gasteiger charge is 2.25. The average molecular weight is 326 g/mol. The maximum Gasteiger partial charge on any atom is 0.343 e. The van der Waals surface area contributed by atoms with E-state index in [2.05, 4.69) is 0 Å². The maximum absolute atomic E-state index is 12.6. The molecule has 0 aliphatic heterocycles. The fourth-order valence-electron chi connectivity index (χ4n) is 1.65. The molecule has 0 aromatic heterocycles. The molecule has 0 atom stereocenters. The molecule has 1 aromatic carbocycles. The third kappa shape index (κ3) is 4.54. The van der Waals surface area contributed by atoms with E-state index in [9.17, 15) is 9.59 Å². The third-order valence-electron chi connectivity index (χ3n) is 2.63. The molecule has 0 amide bonds. The Hall–Kier alpha value is -1.40. The molecule has 0 unspecified atom stereocenters. The minimum absolute atomic E-state index is 0.0852. The number of methoxy groups -OCH3 is 1. The number of Topliss-reactive ketones (excluding diaryl/α,β-unsaturated/α-hetero) is 1. The predicted molar refractivity (Wildman–Crippen MR) is 88.0 cm³/mol. The topological polar surface area (TPSA) is 52.6 Å². The van der Waals surface area contributed by atoms with Gasteiger partial charge in [0.2, 0.25) is 5.78 Å². The van der Waals surface area contributed by atoms with Gasteiger partial charge in [-0.1, -0.05) is 0 Å². The Kier molecular flexibility index (Phi) is 7.39. The monoisotopic (exact) mass is 326 g/mol. The van der Waals surface area contributed by atoms with Gasteiger partial charge in [0.1, 0.15) is 11.3 Å². The Morgan fingerprint density at radius 3 is 2.10 bits per heavy atom. The first-order valence-corrected chi connectivity index (χ1v) is 8.72. The Morgan fingerprint density at radius 2 is 1.67 bits per heavy atom. The largest absolute Gasteiger partial charge is 0.497 e. The van der Waals surface area contributed by atoms with Crippen molar-refractivity contribution in [1.29, 1.82) is 0 Å². The van der Waals surface area contributed by atoms with Crippen LogP contribution in [0.25, 0.3) is 0 Å². The number of hydrogen-bond donors (Lipinski definition) is 0. The molecule has 0 aliphatic rings. The van der Waals surface area contributed by atoms with Crippen molar-refractivity contribution in [3.05, 3.63) is 39.6 Å². The summed E-state index contributed by atoms with van der Waals surface area (Å²) in [6.07, 6.45) is 3.65. The molecule has 0 aliphatic carbocycles. The van der Waals surface area contributed by atoms with Crippen molar-refractivity contribution in [2.75, 3.05) is 26.2 Å². The van der Waals surface area contributed by atoms with Gasteiger partial charge in [-0.25, -0.2) is 4.79 Å². The van der Waals surface area contributed by atoms with Gasteiger partial charge in [0.05, 0.1) is 18.0 Å². The molecule has 1 aromatic rings. The second-order valence-corrected chi connectivity index (χ2v) is 5.74. The molecule has 0 saturated heterocycles. The molecular formula is C15H18O4S2. The lowest BCUT2D eigenvalue weighted by Gasteiger charge is -2.10. The summed E-state index contributed by atoms with van der Waals surface area (Å²) in [6.45, 7) is 1.94. The summed E-state index contributed by atoms with van der Waals surface area (Å²) < 4.78 is 10.7. The van der Waals surface area contributed by atoms with Crippen LogP contribution in [-0.4, -0.2) is 38.0 Å². The summed E-state index contributed by atoms with van der Waals surface area (Å²) in [7, 11) is 1.56. The number of carbonyl (C=O) groups excluding carboxylic acids is 2. The van der Waals surface area contributed by atoms with E-state index in [1.54, 1.807) is 38.3 Å². The molecule has 0 spiro atoms. The molecular weight excluding hydrogens is 308 g/mol. The van der Waals surface area contributed by atoms with Crippen molar-refractivity contribution in [3.63, 3.8) is 0 Å². The van der Waals surface area contributed by atoms with Crippen LogP contribution in [0.15, 0.2) is 34.1 Å². The lowest BCUT2D eigenvalue weighted by Crippen LogP contribution is -2.17. The highest BCUT2D eigenvalue weighted by Crippen LogP contribution is 2.30. The van der Waals surface area contributed by atoms with Crippen LogP contribution < -0.4 is 4.74 Å². The Bertz CT molecular complexity index is 529. The third-order valence-corrected chi connectivity index (χ3v) is 4.78. The van der Waals surface area contributed by atoms with Gasteiger partial charge in [-0.05, 0) is 43.7 Å². The summed E-state index contributed by atoms with van der Waals surface area (Å²) in [4.78, 5) is 24.7. The molecule has 21 heavy (non-hydrogen) atoms. The van der Waals surface area contributed by atoms with Crippen molar-refractivity contribution < 1.29 is 19.1 Å². The summed E-state index contributed by atoms with van der Waals surface area (Å²) in [6, 6.07) is 6.65. The number of hydrogen-bond acceptors (Lipinski definition) is 6. The second kappa shape index (κ2) is 8.79. The molecule has 0 bridgehead atoms. The summed E-state index contributed by atoms with van der Waals surface area (Å²) in [5.41, 5.74) is 0.515. The van der Waals surface area contributed by atoms with Crippen LogP contribution in [0.5, 0.6) is 5.75 Å². The van der Waals surface area contributed by atoms with E-state index in [4.69, 9.17) is 9.47 Å². The summed E-state index contributed by atoms with van der Waals surface area (Å²) in [5, 5.41) is 0. The quantitative estimate of drug-likeness (QED) is 0.252. The number of thioether (sulfide) groups is 2. The minimum atomic E-state index is -0.586. The summed E-state index contributed by atoms with van der Waals surface area (Å²) >= 11 is 2.72. The predicted octanol–water partition coefficient (Wildman–Crippen LogP) is 3.38. The van der Waals surface area contributed by atoms with E-state index in [1.165, 1.54) is 23.5 Å². The normalized spacial score (nSPS) is 9.90. The van der Waals surface area contributed by atoms with E-state index in [1.807, 2.05) is 12.5 Å². The molecule has 0 N–H and O–H groups in total. The van der Waals surface area contributed by atoms with E-state index in [-0.39, 0.29) is 18.0 Å². The van der Waals surface area contributed by atoms with Gasteiger partial charge in [0, 0.05) is 5.56 Å². The number of ether oxygens (including phenoxy) is 2. The highest BCUT2D eigenvalue weighted by atomic mass is 32.2. The molecule has 0 fully saturated rings. The Balaban J connectivity index is 3.21. The van der Waals surface area contributed by atoms with Crippen molar-refractivity contribution in [2.45, 2.75) is 6.92 Å². The van der Waals surface area contributed by atoms with Crippen molar-refractivity contribution >= 4 is 35.3 Å². The van der Waals surface area contributed by atoms with Crippen LogP contribution in [-0.2, 0) is 9.53 Å². The SMILES string of the molecule is CCOC(=O)C(C(=O)c1ccc(OC)cc1)=C(SC)SC. The molecule has 0 radical (unpaired) electrons. The molecule has 0 saturated carbocycles.